The van der Waals surface area contributed by atoms with Gasteiger partial charge in [0.2, 0.25) is 0 Å². The van der Waals surface area contributed by atoms with Crippen molar-refractivity contribution >= 4 is 0 Å². The fourth-order valence-electron chi connectivity index (χ4n) is 1.34. The smallest absolute Gasteiger partial charge is 0.120 e. The molecule has 94 valence electrons. The third-order valence-electron chi connectivity index (χ3n) is 2.11. The third kappa shape index (κ3) is 5.76. The average molecular weight is 225 g/mol. The lowest BCUT2D eigenvalue weighted by molar-refractivity contribution is 0.229. The van der Waals surface area contributed by atoms with Crippen molar-refractivity contribution in [3.8, 4) is 5.75 Å². The molecule has 1 aromatic rings. The first-order valence-corrected chi connectivity index (χ1v) is 6.22. The van der Waals surface area contributed by atoms with E-state index in [0.29, 0.717) is 6.54 Å². The van der Waals surface area contributed by atoms with Crippen molar-refractivity contribution in [3.63, 3.8) is 0 Å². The molecule has 0 aromatic heterocycles. The summed E-state index contributed by atoms with van der Waals surface area (Å²) in [5.41, 5.74) is 6.82. The molecule has 0 aliphatic carbocycles. The number of hydrogen-bond acceptors (Lipinski definition) is 2. The molecule has 0 spiro atoms. The van der Waals surface area contributed by atoms with Crippen LogP contribution in [0.2, 0.25) is 0 Å². The number of hydrogen-bond donors (Lipinski definition) is 1. The van der Waals surface area contributed by atoms with Crippen LogP contribution >= 0.6 is 0 Å². The highest BCUT2D eigenvalue weighted by molar-refractivity contribution is 5.28. The van der Waals surface area contributed by atoms with Crippen LogP contribution in [0, 0.1) is 0 Å². The topological polar surface area (TPSA) is 35.2 Å². The minimum absolute atomic E-state index is 0. The summed E-state index contributed by atoms with van der Waals surface area (Å²) in [6, 6.07) is 8.23. The quantitative estimate of drug-likeness (QED) is 0.830. The Morgan fingerprint density at radius 3 is 2.62 bits per heavy atom. The summed E-state index contributed by atoms with van der Waals surface area (Å²) < 4.78 is 5.63. The Morgan fingerprint density at radius 2 is 2.06 bits per heavy atom. The van der Waals surface area contributed by atoms with E-state index in [4.69, 9.17) is 10.5 Å². The van der Waals surface area contributed by atoms with Crippen LogP contribution in [0.4, 0.5) is 0 Å². The number of aryl methyl sites for hydroxylation is 1. The normalized spacial score (nSPS) is 11.3. The molecule has 0 heterocycles. The average Bonchev–Trinajstić information content (AvgIpc) is 2.32. The minimum Gasteiger partial charge on any atom is -0.489 e. The maximum Gasteiger partial charge on any atom is 0.120 e. The van der Waals surface area contributed by atoms with Gasteiger partial charge in [0, 0.05) is 7.97 Å². The van der Waals surface area contributed by atoms with Crippen LogP contribution in [0.25, 0.3) is 0 Å². The van der Waals surface area contributed by atoms with Crippen molar-refractivity contribution in [1.29, 1.82) is 0 Å². The highest BCUT2D eigenvalue weighted by atomic mass is 16.5. The highest BCUT2D eigenvalue weighted by Crippen LogP contribution is 2.15. The van der Waals surface area contributed by atoms with Crippen LogP contribution in [0.15, 0.2) is 24.3 Å². The van der Waals surface area contributed by atoms with Gasteiger partial charge < -0.3 is 10.5 Å². The zero-order valence-electron chi connectivity index (χ0n) is 11.0. The summed E-state index contributed by atoms with van der Waals surface area (Å²) in [6.07, 6.45) is 2.36. The molecule has 1 atom stereocenters. The maximum atomic E-state index is 5.63. The Bertz CT molecular complexity index is 279. The van der Waals surface area contributed by atoms with E-state index >= 15 is 0 Å². The number of nitrogens with two attached hydrogens (primary N) is 1. The van der Waals surface area contributed by atoms with E-state index in [1.807, 2.05) is 32.9 Å². The first-order valence-electron chi connectivity index (χ1n) is 6.22. The van der Waals surface area contributed by atoms with Gasteiger partial charge in [-0.1, -0.05) is 39.3 Å². The fourth-order valence-corrected chi connectivity index (χ4v) is 1.34. The molecule has 2 heteroatoms. The summed E-state index contributed by atoms with van der Waals surface area (Å²) in [5.74, 6) is 0.925. The van der Waals surface area contributed by atoms with Gasteiger partial charge in [-0.25, -0.2) is 0 Å². The van der Waals surface area contributed by atoms with Gasteiger partial charge >= 0.3 is 0 Å². The summed E-state index contributed by atoms with van der Waals surface area (Å²) in [4.78, 5) is 0. The first-order chi connectivity index (χ1) is 7.76. The molecule has 1 aromatic carbocycles. The van der Waals surface area contributed by atoms with Crippen LogP contribution in [-0.4, -0.2) is 12.6 Å². The molecule has 0 aliphatic rings. The van der Waals surface area contributed by atoms with Gasteiger partial charge in [0.05, 0.1) is 0 Å². The molecule has 2 nitrogen and oxygen atoms in total. The second-order valence-corrected chi connectivity index (χ2v) is 3.56. The Balaban J connectivity index is 0. The van der Waals surface area contributed by atoms with Crippen LogP contribution in [0.5, 0.6) is 5.75 Å². The van der Waals surface area contributed by atoms with E-state index in [2.05, 4.69) is 19.1 Å². The predicted octanol–water partition coefficient (Wildman–Crippen LogP) is 3.64. The molecular formula is C14H27NO. The number of ether oxygens (including phenoxy) is 1. The highest BCUT2D eigenvalue weighted by Gasteiger charge is 2.01. The van der Waals surface area contributed by atoms with Crippen molar-refractivity contribution in [1.82, 2.24) is 0 Å². The van der Waals surface area contributed by atoms with Gasteiger partial charge in [-0.3, -0.25) is 0 Å². The van der Waals surface area contributed by atoms with Gasteiger partial charge in [0.1, 0.15) is 11.9 Å². The van der Waals surface area contributed by atoms with Gasteiger partial charge in [-0.05, 0) is 31.0 Å². The SMILES string of the molecule is CC.CCCc1cccc(O[C@@H](C)CN)c1.[HH]. The molecule has 0 bridgehead atoms. The first kappa shape index (κ1) is 15.0. The van der Waals surface area contributed by atoms with Gasteiger partial charge in [-0.15, -0.1) is 0 Å². The molecule has 0 saturated carbocycles. The lowest BCUT2D eigenvalue weighted by atomic mass is 10.1. The van der Waals surface area contributed by atoms with Crippen LogP contribution in [-0.2, 0) is 6.42 Å². The molecule has 0 saturated heterocycles. The van der Waals surface area contributed by atoms with Crippen molar-refractivity contribution in [2.24, 2.45) is 5.73 Å². The van der Waals surface area contributed by atoms with Crippen molar-refractivity contribution in [3.05, 3.63) is 29.8 Å². The molecule has 1 rings (SSSR count). The zero-order valence-corrected chi connectivity index (χ0v) is 11.0. The van der Waals surface area contributed by atoms with E-state index in [0.717, 1.165) is 18.6 Å². The molecule has 0 radical (unpaired) electrons. The molecule has 0 unspecified atom stereocenters. The van der Waals surface area contributed by atoms with E-state index in [1.165, 1.54) is 5.56 Å². The van der Waals surface area contributed by atoms with E-state index < -0.39 is 0 Å². The van der Waals surface area contributed by atoms with Crippen LogP contribution in [0.1, 0.15) is 41.1 Å². The number of rotatable bonds is 5. The lowest BCUT2D eigenvalue weighted by Gasteiger charge is -2.13. The van der Waals surface area contributed by atoms with E-state index in [9.17, 15) is 0 Å². The van der Waals surface area contributed by atoms with E-state index in [1.54, 1.807) is 0 Å². The Hall–Kier alpha value is -1.02. The second-order valence-electron chi connectivity index (χ2n) is 3.56. The summed E-state index contributed by atoms with van der Waals surface area (Å²) in [5, 5.41) is 0. The van der Waals surface area contributed by atoms with Gasteiger partial charge in [0.25, 0.3) is 0 Å². The minimum atomic E-state index is 0. The van der Waals surface area contributed by atoms with Crippen LogP contribution < -0.4 is 10.5 Å². The maximum absolute atomic E-state index is 5.63. The molecule has 2 N–H and O–H groups in total. The monoisotopic (exact) mass is 225 g/mol. The lowest BCUT2D eigenvalue weighted by Crippen LogP contribution is -2.22. The molecular weight excluding hydrogens is 198 g/mol. The van der Waals surface area contributed by atoms with Crippen LogP contribution in [0.3, 0.4) is 0 Å². The molecule has 16 heavy (non-hydrogen) atoms. The van der Waals surface area contributed by atoms with Crippen molar-refractivity contribution in [2.45, 2.75) is 46.6 Å². The zero-order chi connectivity index (χ0) is 12.4. The fraction of sp³-hybridized carbons (Fsp3) is 0.571. The van der Waals surface area contributed by atoms with Gasteiger partial charge in [-0.2, -0.15) is 0 Å². The van der Waals surface area contributed by atoms with Crippen molar-refractivity contribution in [2.75, 3.05) is 6.54 Å². The summed E-state index contributed by atoms with van der Waals surface area (Å²) >= 11 is 0. The Kier molecular flexibility index (Phi) is 8.64. The van der Waals surface area contributed by atoms with Crippen molar-refractivity contribution < 1.29 is 6.16 Å². The summed E-state index contributed by atoms with van der Waals surface area (Å²) in [7, 11) is 0. The largest absolute Gasteiger partial charge is 0.489 e. The Morgan fingerprint density at radius 1 is 1.38 bits per heavy atom. The standard InChI is InChI=1S/C12H19NO.C2H6.H2/c1-3-5-11-6-4-7-12(8-11)14-10(2)9-13;1-2;/h4,6-8,10H,3,5,9,13H2,1-2H3;1-2H3;1H/t10-;;/m0../s1. The second kappa shape index (κ2) is 9.22. The Labute approximate surface area is 101 Å². The van der Waals surface area contributed by atoms with Gasteiger partial charge in [0.15, 0.2) is 0 Å². The molecule has 0 aliphatic heterocycles. The van der Waals surface area contributed by atoms with E-state index in [-0.39, 0.29) is 7.53 Å². The molecule has 0 fully saturated rings. The summed E-state index contributed by atoms with van der Waals surface area (Å²) in [6.45, 7) is 8.71. The third-order valence-corrected chi connectivity index (χ3v) is 2.11. The predicted molar refractivity (Wildman–Crippen MR) is 73.0 cm³/mol. The molecule has 0 amide bonds. The number of benzene rings is 1.